The Morgan fingerprint density at radius 1 is 0.932 bits per heavy atom. The minimum absolute atomic E-state index is 0.0454. The third kappa shape index (κ3) is 7.28. The summed E-state index contributed by atoms with van der Waals surface area (Å²) < 4.78 is 28.9. The van der Waals surface area contributed by atoms with Gasteiger partial charge in [-0.05, 0) is 80.7 Å². The molecular formula is C44H51N7O8. The van der Waals surface area contributed by atoms with Gasteiger partial charge in [-0.15, -0.1) is 0 Å². The van der Waals surface area contributed by atoms with Crippen LogP contribution in [-0.4, -0.2) is 101 Å². The highest BCUT2D eigenvalue weighted by atomic mass is 16.7. The lowest BCUT2D eigenvalue weighted by molar-refractivity contribution is -0.143. The molecule has 5 aliphatic rings. The quantitative estimate of drug-likeness (QED) is 0.174. The topological polar surface area (TPSA) is 170 Å². The smallest absolute Gasteiger partial charge is 0.255 e. The first kappa shape index (κ1) is 38.6. The van der Waals surface area contributed by atoms with Crippen LogP contribution in [-0.2, 0) is 9.59 Å². The van der Waals surface area contributed by atoms with E-state index in [-0.39, 0.29) is 42.4 Å². The molecule has 15 heteroatoms. The van der Waals surface area contributed by atoms with Crippen molar-refractivity contribution in [1.82, 2.24) is 30.2 Å². The highest BCUT2D eigenvalue weighted by Gasteiger charge is 2.44. The first-order valence-electron chi connectivity index (χ1n) is 20.9. The molecule has 5 heterocycles. The zero-order valence-electron chi connectivity index (χ0n) is 34.0. The van der Waals surface area contributed by atoms with Gasteiger partial charge in [0.25, 0.3) is 5.91 Å². The predicted molar refractivity (Wildman–Crippen MR) is 218 cm³/mol. The summed E-state index contributed by atoms with van der Waals surface area (Å²) in [6, 6.07) is 8.57. The Balaban J connectivity index is 0.912. The third-order valence-electron chi connectivity index (χ3n) is 12.5. The number of fused-ring (bicyclic) bond motifs is 3. The molecule has 59 heavy (non-hydrogen) atoms. The Hall–Kier alpha value is -5.86. The number of carbonyl (C=O) groups excluding carboxylic acids is 3. The van der Waals surface area contributed by atoms with Crippen LogP contribution in [0.25, 0.3) is 22.3 Å². The molecule has 3 atom stereocenters. The fraction of sp³-hybridized carbons (Fsp3) is 0.500. The van der Waals surface area contributed by atoms with E-state index in [0.717, 1.165) is 49.8 Å². The number of hydrogen-bond acceptors (Lipinski definition) is 11. The Kier molecular flexibility index (Phi) is 10.5. The number of rotatable bonds is 12. The maximum Gasteiger partial charge on any atom is 0.255 e. The number of ether oxygens (including phenoxy) is 5. The van der Waals surface area contributed by atoms with Crippen molar-refractivity contribution in [3.8, 4) is 40.0 Å². The maximum absolute atomic E-state index is 14.2. The molecule has 0 bridgehead atoms. The highest BCUT2D eigenvalue weighted by Crippen LogP contribution is 2.48. The summed E-state index contributed by atoms with van der Waals surface area (Å²) in [7, 11) is 3.23. The Labute approximate surface area is 342 Å². The van der Waals surface area contributed by atoms with Crippen LogP contribution in [0, 0.1) is 23.7 Å². The van der Waals surface area contributed by atoms with Gasteiger partial charge in [0.05, 0.1) is 49.2 Å². The molecule has 0 radical (unpaired) electrons. The lowest BCUT2D eigenvalue weighted by Crippen LogP contribution is -2.56. The number of hydrogen-bond donors (Lipinski definition) is 2. The van der Waals surface area contributed by atoms with E-state index in [1.807, 2.05) is 44.2 Å². The first-order chi connectivity index (χ1) is 28.7. The van der Waals surface area contributed by atoms with Gasteiger partial charge in [0.15, 0.2) is 23.0 Å². The zero-order valence-corrected chi connectivity index (χ0v) is 34.0. The third-order valence-corrected chi connectivity index (χ3v) is 12.5. The van der Waals surface area contributed by atoms with Gasteiger partial charge in [-0.3, -0.25) is 14.4 Å². The SMILES string of the molecule is COc1ccc(C2=NN(C3CCN(C(=O)[C@H](NC(=O)c4c[nH]c5c(-c6c(OCC7CC7)ccc7c6OCO7)ncnc45)C(C)C)CC3)C(=O)[C@@H]3CCCC[C@H]23)cc1OC. The molecular weight excluding hydrogens is 755 g/mol. The maximum atomic E-state index is 14.2. The van der Waals surface area contributed by atoms with E-state index < -0.39 is 11.9 Å². The highest BCUT2D eigenvalue weighted by molar-refractivity contribution is 6.09. The van der Waals surface area contributed by atoms with Crippen molar-refractivity contribution < 1.29 is 38.1 Å². The summed E-state index contributed by atoms with van der Waals surface area (Å²) in [6.45, 7) is 5.38. The first-order valence-corrected chi connectivity index (χ1v) is 20.9. The van der Waals surface area contributed by atoms with Gasteiger partial charge in [-0.25, -0.2) is 15.0 Å². The van der Waals surface area contributed by atoms with Gasteiger partial charge in [0.1, 0.15) is 29.3 Å². The van der Waals surface area contributed by atoms with Crippen LogP contribution in [0.3, 0.4) is 0 Å². The number of amides is 3. The van der Waals surface area contributed by atoms with Gasteiger partial charge < -0.3 is 38.9 Å². The molecule has 4 aromatic rings. The molecule has 2 aromatic carbocycles. The van der Waals surface area contributed by atoms with Crippen molar-refractivity contribution >= 4 is 34.5 Å². The second-order valence-electron chi connectivity index (χ2n) is 16.6. The molecule has 0 unspecified atom stereocenters. The summed E-state index contributed by atoms with van der Waals surface area (Å²) in [4.78, 5) is 56.4. The van der Waals surface area contributed by atoms with Crippen LogP contribution in [0.4, 0.5) is 0 Å². The number of aromatic nitrogens is 3. The van der Waals surface area contributed by atoms with Crippen molar-refractivity contribution in [2.75, 3.05) is 40.7 Å². The number of nitrogens with zero attached hydrogens (tertiary/aromatic N) is 5. The van der Waals surface area contributed by atoms with Crippen molar-refractivity contribution in [3.63, 3.8) is 0 Å². The van der Waals surface area contributed by atoms with Crippen molar-refractivity contribution in [2.45, 2.75) is 77.3 Å². The fourth-order valence-electron chi connectivity index (χ4n) is 9.04. The number of methoxy groups -OCH3 is 2. The van der Waals surface area contributed by atoms with Crippen LogP contribution < -0.4 is 29.0 Å². The lowest BCUT2D eigenvalue weighted by atomic mass is 9.73. The minimum atomic E-state index is -0.787. The molecule has 2 N–H and O–H groups in total. The lowest BCUT2D eigenvalue weighted by Gasteiger charge is -2.44. The minimum Gasteiger partial charge on any atom is -0.493 e. The molecule has 15 nitrogen and oxygen atoms in total. The van der Waals surface area contributed by atoms with Gasteiger partial charge in [0, 0.05) is 36.7 Å². The summed E-state index contributed by atoms with van der Waals surface area (Å²) in [5.74, 6) is 2.72. The van der Waals surface area contributed by atoms with Crippen LogP contribution >= 0.6 is 0 Å². The van der Waals surface area contributed by atoms with E-state index in [9.17, 15) is 14.4 Å². The number of benzene rings is 2. The van der Waals surface area contributed by atoms with E-state index in [1.54, 1.807) is 30.3 Å². The van der Waals surface area contributed by atoms with Crippen molar-refractivity contribution in [3.05, 3.63) is 54.0 Å². The van der Waals surface area contributed by atoms with E-state index in [0.29, 0.717) is 95.1 Å². The Morgan fingerprint density at radius 3 is 2.44 bits per heavy atom. The number of likely N-dealkylation sites (tertiary alicyclic amines) is 1. The second kappa shape index (κ2) is 16.1. The average molecular weight is 806 g/mol. The molecule has 0 spiro atoms. The average Bonchev–Trinajstić information content (AvgIpc) is 3.79. The van der Waals surface area contributed by atoms with Gasteiger partial charge >= 0.3 is 0 Å². The number of aromatic amines is 1. The molecule has 3 aliphatic heterocycles. The molecule has 2 aromatic heterocycles. The van der Waals surface area contributed by atoms with E-state index in [4.69, 9.17) is 28.8 Å². The van der Waals surface area contributed by atoms with Crippen LogP contribution in [0.2, 0.25) is 0 Å². The van der Waals surface area contributed by atoms with Crippen LogP contribution in [0.1, 0.15) is 81.1 Å². The fourth-order valence-corrected chi connectivity index (χ4v) is 9.04. The van der Waals surface area contributed by atoms with Crippen molar-refractivity contribution in [2.24, 2.45) is 28.8 Å². The summed E-state index contributed by atoms with van der Waals surface area (Å²) in [5.41, 5.74) is 4.22. The van der Waals surface area contributed by atoms with Crippen LogP contribution in [0.15, 0.2) is 48.0 Å². The molecule has 310 valence electrons. The number of nitrogens with one attached hydrogen (secondary N) is 2. The molecule has 3 fully saturated rings. The largest absolute Gasteiger partial charge is 0.493 e. The van der Waals surface area contributed by atoms with Crippen molar-refractivity contribution in [1.29, 1.82) is 0 Å². The molecule has 9 rings (SSSR count). The summed E-state index contributed by atoms with van der Waals surface area (Å²) in [6.07, 6.45) is 10.3. The Morgan fingerprint density at radius 2 is 1.69 bits per heavy atom. The zero-order chi connectivity index (χ0) is 40.8. The summed E-state index contributed by atoms with van der Waals surface area (Å²) >= 11 is 0. The van der Waals surface area contributed by atoms with E-state index in [2.05, 4.69) is 20.3 Å². The monoisotopic (exact) mass is 805 g/mol. The van der Waals surface area contributed by atoms with Crippen LogP contribution in [0.5, 0.6) is 28.7 Å². The normalized spacial score (nSPS) is 21.0. The predicted octanol–water partition coefficient (Wildman–Crippen LogP) is 5.96. The van der Waals surface area contributed by atoms with E-state index in [1.165, 1.54) is 6.33 Å². The number of H-pyrrole nitrogens is 1. The Bertz CT molecular complexity index is 2300. The molecule has 3 amide bonds. The second-order valence-corrected chi connectivity index (χ2v) is 16.6. The summed E-state index contributed by atoms with van der Waals surface area (Å²) in [5, 5.41) is 9.81. The molecule has 1 saturated heterocycles. The van der Waals surface area contributed by atoms with Gasteiger partial charge in [-0.2, -0.15) is 5.10 Å². The molecule has 2 saturated carbocycles. The molecule has 2 aliphatic carbocycles. The number of carbonyl (C=O) groups is 3. The van der Waals surface area contributed by atoms with Gasteiger partial charge in [-0.1, -0.05) is 26.7 Å². The number of hydrazone groups is 1. The van der Waals surface area contributed by atoms with E-state index >= 15 is 0 Å². The number of piperidine rings is 1. The van der Waals surface area contributed by atoms with Gasteiger partial charge in [0.2, 0.25) is 18.6 Å². The standard InChI is InChI=1S/C44H51N7O8/c1-24(2)36(48-42(52)30-20-45-40-38(30)46-22-47-39(40)35-32(57-21-25-9-10-25)13-14-33-41(35)59-23-58-33)44(54)50-17-15-27(16-18-50)51-43(53)29-8-6-5-7-28(29)37(49-51)26-11-12-31(55-3)34(19-26)56-4/h11-14,19-20,22,24-25,27-29,36,45H,5-10,15-18,21,23H2,1-4H3,(H,48,52)/t28-,29+,36+/m0/s1.